The van der Waals surface area contributed by atoms with Crippen LogP contribution in [0.3, 0.4) is 0 Å². The monoisotopic (exact) mass is 245 g/mol. The molecule has 0 atom stereocenters. The number of hydrogen-bond donors (Lipinski definition) is 1. The first-order chi connectivity index (χ1) is 8.44. The Labute approximate surface area is 107 Å². The summed E-state index contributed by atoms with van der Waals surface area (Å²) in [7, 11) is 0. The van der Waals surface area contributed by atoms with Gasteiger partial charge in [0.15, 0.2) is 0 Å². The van der Waals surface area contributed by atoms with Crippen LogP contribution in [0.2, 0.25) is 0 Å². The predicted molar refractivity (Wildman–Crippen MR) is 70.5 cm³/mol. The van der Waals surface area contributed by atoms with E-state index >= 15 is 0 Å². The largest absolute Gasteiger partial charge is 0.306 e. The van der Waals surface area contributed by atoms with Crippen molar-refractivity contribution in [1.82, 2.24) is 24.8 Å². The molecule has 0 saturated carbocycles. The molecule has 1 N–H and O–H groups in total. The van der Waals surface area contributed by atoms with Gasteiger partial charge in [-0.1, -0.05) is 0 Å². The molecule has 0 aliphatic carbocycles. The molecule has 2 aromatic rings. The van der Waals surface area contributed by atoms with Crippen LogP contribution in [0.4, 0.5) is 0 Å². The van der Waals surface area contributed by atoms with Crippen molar-refractivity contribution >= 4 is 0 Å². The maximum atomic E-state index is 4.53. The lowest BCUT2D eigenvalue weighted by atomic mass is 10.1. The van der Waals surface area contributed by atoms with Crippen LogP contribution in [0.5, 0.6) is 0 Å². The lowest BCUT2D eigenvalue weighted by Gasteiger charge is -2.20. The maximum absolute atomic E-state index is 4.53. The third-order valence-electron chi connectivity index (χ3n) is 2.43. The molecule has 0 saturated heterocycles. The Morgan fingerprint density at radius 2 is 2.06 bits per heavy atom. The van der Waals surface area contributed by atoms with Crippen molar-refractivity contribution in [3.63, 3.8) is 0 Å². The van der Waals surface area contributed by atoms with E-state index in [2.05, 4.69) is 41.0 Å². The number of imidazole rings is 1. The van der Waals surface area contributed by atoms with E-state index in [1.165, 1.54) is 0 Å². The summed E-state index contributed by atoms with van der Waals surface area (Å²) in [6.45, 7) is 9.12. The average Bonchev–Trinajstić information content (AvgIpc) is 2.78. The molecule has 5 heteroatoms. The number of hydrogen-bond acceptors (Lipinski definition) is 4. The number of nitrogens with zero attached hydrogens (tertiary/aromatic N) is 4. The van der Waals surface area contributed by atoms with Crippen molar-refractivity contribution in [2.24, 2.45) is 0 Å². The zero-order chi connectivity index (χ0) is 13.2. The van der Waals surface area contributed by atoms with Crippen molar-refractivity contribution in [3.8, 4) is 5.95 Å². The van der Waals surface area contributed by atoms with Crippen LogP contribution < -0.4 is 5.32 Å². The van der Waals surface area contributed by atoms with E-state index in [0.29, 0.717) is 5.95 Å². The third kappa shape index (κ3) is 3.37. The van der Waals surface area contributed by atoms with E-state index in [9.17, 15) is 0 Å². The van der Waals surface area contributed by atoms with Gasteiger partial charge < -0.3 is 5.32 Å². The third-order valence-corrected chi connectivity index (χ3v) is 2.43. The molecule has 0 amide bonds. The maximum Gasteiger partial charge on any atom is 0.235 e. The number of aryl methyl sites for hydroxylation is 1. The summed E-state index contributed by atoms with van der Waals surface area (Å²) >= 11 is 0. The van der Waals surface area contributed by atoms with Crippen LogP contribution in [0.1, 0.15) is 32.2 Å². The van der Waals surface area contributed by atoms with Gasteiger partial charge in [-0.25, -0.2) is 15.0 Å². The fourth-order valence-corrected chi connectivity index (χ4v) is 1.56. The summed E-state index contributed by atoms with van der Waals surface area (Å²) in [5.74, 6) is 0.665. The molecule has 0 unspecified atom stereocenters. The molecule has 0 fully saturated rings. The second kappa shape index (κ2) is 4.86. The van der Waals surface area contributed by atoms with Gasteiger partial charge >= 0.3 is 0 Å². The minimum Gasteiger partial charge on any atom is -0.306 e. The quantitative estimate of drug-likeness (QED) is 0.896. The molecule has 0 bridgehead atoms. The molecule has 0 aliphatic rings. The van der Waals surface area contributed by atoms with Crippen LogP contribution in [-0.4, -0.2) is 25.1 Å². The van der Waals surface area contributed by atoms with E-state index in [4.69, 9.17) is 0 Å². The highest BCUT2D eigenvalue weighted by Gasteiger charge is 2.10. The van der Waals surface area contributed by atoms with Gasteiger partial charge in [-0.15, -0.1) is 0 Å². The number of nitrogens with one attached hydrogen (secondary N) is 1. The topological polar surface area (TPSA) is 55.6 Å². The van der Waals surface area contributed by atoms with Crippen molar-refractivity contribution in [1.29, 1.82) is 0 Å². The Morgan fingerprint density at radius 3 is 2.67 bits per heavy atom. The molecule has 0 spiro atoms. The van der Waals surface area contributed by atoms with Gasteiger partial charge in [0, 0.05) is 30.2 Å². The van der Waals surface area contributed by atoms with E-state index in [1.54, 1.807) is 12.5 Å². The summed E-state index contributed by atoms with van der Waals surface area (Å²) in [6, 6.07) is 2.00. The minimum atomic E-state index is 0.0774. The summed E-state index contributed by atoms with van der Waals surface area (Å²) in [6.07, 6.45) is 5.27. The molecule has 0 aliphatic heterocycles. The van der Waals surface area contributed by atoms with Gasteiger partial charge in [0.05, 0.1) is 5.69 Å². The molecule has 0 aromatic carbocycles. The van der Waals surface area contributed by atoms with Crippen LogP contribution in [-0.2, 0) is 6.54 Å². The molecule has 2 aromatic heterocycles. The Balaban J connectivity index is 2.22. The zero-order valence-electron chi connectivity index (χ0n) is 11.3. The first kappa shape index (κ1) is 12.7. The molecule has 0 radical (unpaired) electrons. The molecule has 2 heterocycles. The summed E-state index contributed by atoms with van der Waals surface area (Å²) in [4.78, 5) is 12.9. The fourth-order valence-electron chi connectivity index (χ4n) is 1.56. The van der Waals surface area contributed by atoms with Crippen LogP contribution >= 0.6 is 0 Å². The van der Waals surface area contributed by atoms with Crippen molar-refractivity contribution < 1.29 is 0 Å². The van der Waals surface area contributed by atoms with Gasteiger partial charge in [-0.3, -0.25) is 4.57 Å². The predicted octanol–water partition coefficient (Wildman–Crippen LogP) is 1.86. The van der Waals surface area contributed by atoms with E-state index in [0.717, 1.165) is 17.9 Å². The molecular weight excluding hydrogens is 226 g/mol. The highest BCUT2D eigenvalue weighted by atomic mass is 15.2. The number of rotatable bonds is 3. The lowest BCUT2D eigenvalue weighted by Crippen LogP contribution is -2.35. The smallest absolute Gasteiger partial charge is 0.235 e. The molecule has 5 nitrogen and oxygen atoms in total. The van der Waals surface area contributed by atoms with Gasteiger partial charge in [-0.2, -0.15) is 0 Å². The first-order valence-corrected chi connectivity index (χ1v) is 6.02. The SMILES string of the molecule is Cc1cc(CNC(C)(C)C)nc(-n2ccnc2)n1. The second-order valence-electron chi connectivity index (χ2n) is 5.37. The molecule has 2 rings (SSSR count). The van der Waals surface area contributed by atoms with Crippen molar-refractivity contribution in [3.05, 3.63) is 36.2 Å². The van der Waals surface area contributed by atoms with E-state index in [-0.39, 0.29) is 5.54 Å². The second-order valence-corrected chi connectivity index (χ2v) is 5.37. The van der Waals surface area contributed by atoms with Gasteiger partial charge in [0.2, 0.25) is 5.95 Å². The summed E-state index contributed by atoms with van der Waals surface area (Å²) < 4.78 is 1.81. The van der Waals surface area contributed by atoms with E-state index < -0.39 is 0 Å². The molecule has 96 valence electrons. The number of aromatic nitrogens is 4. The highest BCUT2D eigenvalue weighted by molar-refractivity contribution is 5.19. The van der Waals surface area contributed by atoms with Crippen LogP contribution in [0.25, 0.3) is 5.95 Å². The summed E-state index contributed by atoms with van der Waals surface area (Å²) in [5.41, 5.74) is 2.02. The van der Waals surface area contributed by atoms with Crippen LogP contribution in [0.15, 0.2) is 24.8 Å². The first-order valence-electron chi connectivity index (χ1n) is 6.02. The Hall–Kier alpha value is -1.75. The Kier molecular flexibility index (Phi) is 3.43. The van der Waals surface area contributed by atoms with Crippen molar-refractivity contribution in [2.45, 2.75) is 39.8 Å². The Bertz CT molecular complexity index is 511. The normalized spacial score (nSPS) is 11.8. The fraction of sp³-hybridized carbons (Fsp3) is 0.462. The average molecular weight is 245 g/mol. The van der Waals surface area contributed by atoms with Gasteiger partial charge in [0.25, 0.3) is 0 Å². The zero-order valence-corrected chi connectivity index (χ0v) is 11.3. The van der Waals surface area contributed by atoms with Gasteiger partial charge in [-0.05, 0) is 33.8 Å². The Morgan fingerprint density at radius 1 is 1.28 bits per heavy atom. The standard InChI is InChI=1S/C13H19N5/c1-10-7-11(8-15-13(2,3)4)17-12(16-10)18-6-5-14-9-18/h5-7,9,15H,8H2,1-4H3. The summed E-state index contributed by atoms with van der Waals surface area (Å²) in [5, 5.41) is 3.42. The molecular formula is C13H19N5. The molecule has 18 heavy (non-hydrogen) atoms. The van der Waals surface area contributed by atoms with Crippen LogP contribution in [0, 0.1) is 6.92 Å². The lowest BCUT2D eigenvalue weighted by molar-refractivity contribution is 0.421. The minimum absolute atomic E-state index is 0.0774. The highest BCUT2D eigenvalue weighted by Crippen LogP contribution is 2.07. The van der Waals surface area contributed by atoms with Gasteiger partial charge in [0.1, 0.15) is 6.33 Å². The van der Waals surface area contributed by atoms with Crippen molar-refractivity contribution in [2.75, 3.05) is 0 Å². The van der Waals surface area contributed by atoms with E-state index in [1.807, 2.05) is 23.8 Å².